The largest absolute Gasteiger partial charge is 0.330 e. The lowest BCUT2D eigenvalue weighted by Crippen LogP contribution is -1.76. The Kier molecular flexibility index (Phi) is 2.70. The Labute approximate surface area is 106 Å². The summed E-state index contributed by atoms with van der Waals surface area (Å²) in [6.45, 7) is 0. The zero-order valence-electron chi connectivity index (χ0n) is 8.59. The molecule has 0 radical (unpaired) electrons. The number of halogens is 1. The summed E-state index contributed by atoms with van der Waals surface area (Å²) < 4.78 is 0. The summed E-state index contributed by atoms with van der Waals surface area (Å²) in [5, 5.41) is 1.52. The Hall–Kier alpha value is -1.59. The Bertz CT molecular complexity index is 617. The summed E-state index contributed by atoms with van der Waals surface area (Å²) in [4.78, 5) is 16.6. The smallest absolute Gasteiger partial charge is 0.181 e. The maximum Gasteiger partial charge on any atom is 0.181 e. The van der Waals surface area contributed by atoms with Gasteiger partial charge in [-0.1, -0.05) is 23.4 Å². The third kappa shape index (κ3) is 2.25. The Balaban J connectivity index is 1.92. The highest BCUT2D eigenvalue weighted by Gasteiger charge is 2.05. The van der Waals surface area contributed by atoms with Crippen LogP contribution in [0.25, 0.3) is 11.2 Å². The molecule has 1 N–H and O–H groups in total. The SMILES string of the molecule is Clc1ccc(Sc2nc3ncncc3[nH]2)cc1. The van der Waals surface area contributed by atoms with E-state index in [0.29, 0.717) is 5.65 Å². The second-order valence-corrected chi connectivity index (χ2v) is 4.86. The Morgan fingerprint density at radius 2 is 2.00 bits per heavy atom. The van der Waals surface area contributed by atoms with Gasteiger partial charge in [0.2, 0.25) is 0 Å². The van der Waals surface area contributed by atoms with Crippen LogP contribution < -0.4 is 0 Å². The predicted octanol–water partition coefficient (Wildman–Crippen LogP) is 3.16. The summed E-state index contributed by atoms with van der Waals surface area (Å²) >= 11 is 7.36. The third-order valence-corrected chi connectivity index (χ3v) is 3.31. The van der Waals surface area contributed by atoms with E-state index in [1.807, 2.05) is 24.3 Å². The van der Waals surface area contributed by atoms with Gasteiger partial charge in [0.05, 0.1) is 6.20 Å². The van der Waals surface area contributed by atoms with E-state index in [9.17, 15) is 0 Å². The molecule has 0 aliphatic carbocycles. The van der Waals surface area contributed by atoms with Crippen LogP contribution in [0.5, 0.6) is 0 Å². The van der Waals surface area contributed by atoms with Gasteiger partial charge in [0.25, 0.3) is 0 Å². The summed E-state index contributed by atoms with van der Waals surface area (Å²) in [7, 11) is 0. The van der Waals surface area contributed by atoms with Gasteiger partial charge in [0.1, 0.15) is 11.8 Å². The number of benzene rings is 1. The molecule has 4 nitrogen and oxygen atoms in total. The van der Waals surface area contributed by atoms with Crippen molar-refractivity contribution in [2.45, 2.75) is 10.1 Å². The van der Waals surface area contributed by atoms with Gasteiger partial charge in [-0.05, 0) is 24.3 Å². The van der Waals surface area contributed by atoms with Crippen LogP contribution in [-0.2, 0) is 0 Å². The highest BCUT2D eigenvalue weighted by Crippen LogP contribution is 2.27. The number of aromatic nitrogens is 4. The van der Waals surface area contributed by atoms with Gasteiger partial charge in [0.15, 0.2) is 10.8 Å². The van der Waals surface area contributed by atoms with Crippen molar-refractivity contribution < 1.29 is 0 Å². The second-order valence-electron chi connectivity index (χ2n) is 3.36. The van der Waals surface area contributed by atoms with Crippen molar-refractivity contribution >= 4 is 34.5 Å². The zero-order valence-corrected chi connectivity index (χ0v) is 10.2. The maximum atomic E-state index is 5.83. The summed E-state index contributed by atoms with van der Waals surface area (Å²) in [6.07, 6.45) is 3.20. The standard InChI is InChI=1S/C11H7ClN4S/c12-7-1-3-8(4-2-7)17-11-15-9-5-13-6-14-10(9)16-11/h1-6H,(H,13,14,15,16). The van der Waals surface area contributed by atoms with E-state index in [1.54, 1.807) is 6.20 Å². The molecule has 1 aromatic carbocycles. The van der Waals surface area contributed by atoms with Gasteiger partial charge < -0.3 is 4.98 Å². The molecule has 6 heteroatoms. The number of aromatic amines is 1. The number of nitrogens with zero attached hydrogens (tertiary/aromatic N) is 3. The molecule has 0 saturated heterocycles. The molecule has 0 fully saturated rings. The van der Waals surface area contributed by atoms with Crippen LogP contribution in [0.3, 0.4) is 0 Å². The molecule has 3 aromatic rings. The first-order valence-corrected chi connectivity index (χ1v) is 6.10. The quantitative estimate of drug-likeness (QED) is 0.771. The van der Waals surface area contributed by atoms with E-state index < -0.39 is 0 Å². The normalized spacial score (nSPS) is 10.9. The number of rotatable bonds is 2. The fourth-order valence-corrected chi connectivity index (χ4v) is 2.32. The lowest BCUT2D eigenvalue weighted by atomic mass is 10.4. The molecule has 0 aliphatic rings. The molecule has 0 saturated carbocycles. The Morgan fingerprint density at radius 1 is 1.18 bits per heavy atom. The first-order chi connectivity index (χ1) is 8.31. The van der Waals surface area contributed by atoms with Gasteiger partial charge in [0, 0.05) is 9.92 Å². The fourth-order valence-electron chi connectivity index (χ4n) is 1.40. The molecule has 0 amide bonds. The van der Waals surface area contributed by atoms with Crippen molar-refractivity contribution in [2.75, 3.05) is 0 Å². The molecule has 0 bridgehead atoms. The minimum absolute atomic E-state index is 0.677. The van der Waals surface area contributed by atoms with Gasteiger partial charge in [-0.2, -0.15) is 0 Å². The van der Waals surface area contributed by atoms with E-state index in [-0.39, 0.29) is 0 Å². The number of H-pyrrole nitrogens is 1. The van der Waals surface area contributed by atoms with Crippen LogP contribution >= 0.6 is 23.4 Å². The van der Waals surface area contributed by atoms with Crippen LogP contribution in [0.15, 0.2) is 46.8 Å². The minimum Gasteiger partial charge on any atom is -0.330 e. The van der Waals surface area contributed by atoms with E-state index in [4.69, 9.17) is 11.6 Å². The lowest BCUT2D eigenvalue weighted by molar-refractivity contribution is 1.07. The van der Waals surface area contributed by atoms with E-state index in [2.05, 4.69) is 19.9 Å². The summed E-state index contributed by atoms with van der Waals surface area (Å²) in [5.41, 5.74) is 1.51. The van der Waals surface area contributed by atoms with Crippen molar-refractivity contribution in [3.63, 3.8) is 0 Å². The number of hydrogen-bond donors (Lipinski definition) is 1. The van der Waals surface area contributed by atoms with Crippen molar-refractivity contribution in [3.8, 4) is 0 Å². The molecular formula is C11H7ClN4S. The molecule has 17 heavy (non-hydrogen) atoms. The van der Waals surface area contributed by atoms with Gasteiger partial charge in [-0.25, -0.2) is 15.0 Å². The number of nitrogens with one attached hydrogen (secondary N) is 1. The van der Waals surface area contributed by atoms with E-state index >= 15 is 0 Å². The molecule has 2 aromatic heterocycles. The Morgan fingerprint density at radius 3 is 2.76 bits per heavy atom. The predicted molar refractivity (Wildman–Crippen MR) is 67.3 cm³/mol. The van der Waals surface area contributed by atoms with Gasteiger partial charge >= 0.3 is 0 Å². The first kappa shape index (κ1) is 10.6. The number of imidazole rings is 1. The van der Waals surface area contributed by atoms with Crippen LogP contribution in [0.1, 0.15) is 0 Å². The van der Waals surface area contributed by atoms with Gasteiger partial charge in [-0.3, -0.25) is 0 Å². The highest BCUT2D eigenvalue weighted by atomic mass is 35.5. The number of fused-ring (bicyclic) bond motifs is 1. The van der Waals surface area contributed by atoms with Crippen LogP contribution in [0.4, 0.5) is 0 Å². The lowest BCUT2D eigenvalue weighted by Gasteiger charge is -1.96. The molecule has 0 spiro atoms. The molecule has 2 heterocycles. The highest BCUT2D eigenvalue weighted by molar-refractivity contribution is 7.99. The summed E-state index contributed by atoms with van der Waals surface area (Å²) in [6, 6.07) is 7.61. The third-order valence-electron chi connectivity index (χ3n) is 2.17. The van der Waals surface area contributed by atoms with Crippen LogP contribution in [0, 0.1) is 0 Å². The van der Waals surface area contributed by atoms with Crippen molar-refractivity contribution in [2.24, 2.45) is 0 Å². The number of hydrogen-bond acceptors (Lipinski definition) is 4. The molecule has 0 unspecified atom stereocenters. The molecule has 0 aliphatic heterocycles. The topological polar surface area (TPSA) is 54.5 Å². The van der Waals surface area contributed by atoms with Crippen molar-refractivity contribution in [1.29, 1.82) is 0 Å². The van der Waals surface area contributed by atoms with Crippen molar-refractivity contribution in [3.05, 3.63) is 41.8 Å². The molecular weight excluding hydrogens is 256 g/mol. The summed E-state index contributed by atoms with van der Waals surface area (Å²) in [5.74, 6) is 0. The van der Waals surface area contributed by atoms with E-state index in [1.165, 1.54) is 18.1 Å². The average molecular weight is 263 g/mol. The zero-order chi connectivity index (χ0) is 11.7. The monoisotopic (exact) mass is 262 g/mol. The van der Waals surface area contributed by atoms with Crippen molar-refractivity contribution in [1.82, 2.24) is 19.9 Å². The van der Waals surface area contributed by atoms with Crippen LogP contribution in [-0.4, -0.2) is 19.9 Å². The second kappa shape index (κ2) is 4.35. The fraction of sp³-hybridized carbons (Fsp3) is 0. The maximum absolute atomic E-state index is 5.83. The molecule has 84 valence electrons. The first-order valence-electron chi connectivity index (χ1n) is 4.90. The molecule has 0 atom stereocenters. The minimum atomic E-state index is 0.677. The van der Waals surface area contributed by atoms with Crippen LogP contribution in [0.2, 0.25) is 5.02 Å². The molecule has 3 rings (SSSR count). The van der Waals surface area contributed by atoms with Gasteiger partial charge in [-0.15, -0.1) is 0 Å². The average Bonchev–Trinajstić information content (AvgIpc) is 2.74. The van der Waals surface area contributed by atoms with E-state index in [0.717, 1.165) is 20.6 Å².